The highest BCUT2D eigenvalue weighted by atomic mass is 15.1. The lowest BCUT2D eigenvalue weighted by Gasteiger charge is -2.34. The normalized spacial score (nSPS) is 12.5. The summed E-state index contributed by atoms with van der Waals surface area (Å²) in [5, 5.41) is 2.44. The summed E-state index contributed by atoms with van der Waals surface area (Å²) in [4.78, 5) is 2.47. The number of hydrogen-bond donors (Lipinski definition) is 0. The lowest BCUT2D eigenvalue weighted by Crippen LogP contribution is -2.28. The van der Waals surface area contributed by atoms with Crippen LogP contribution in [-0.2, 0) is 5.41 Å². The van der Waals surface area contributed by atoms with Crippen LogP contribution < -0.4 is 4.90 Å². The number of nitrogens with zero attached hydrogens (tertiary/aromatic N) is 1. The molecule has 0 aromatic heterocycles. The molecule has 10 aromatic carbocycles. The van der Waals surface area contributed by atoms with Gasteiger partial charge < -0.3 is 4.90 Å². The Labute approximate surface area is 352 Å². The summed E-state index contributed by atoms with van der Waals surface area (Å²) >= 11 is 0. The quantitative estimate of drug-likeness (QED) is 0.149. The predicted octanol–water partition coefficient (Wildman–Crippen LogP) is 15.7. The van der Waals surface area contributed by atoms with Crippen molar-refractivity contribution in [1.82, 2.24) is 0 Å². The van der Waals surface area contributed by atoms with E-state index in [0.29, 0.717) is 0 Å². The van der Waals surface area contributed by atoms with E-state index in [1.165, 1.54) is 77.5 Å². The largest absolute Gasteiger partial charge is 0.310 e. The summed E-state index contributed by atoms with van der Waals surface area (Å²) in [6, 6.07) is 91.0. The first kappa shape index (κ1) is 35.4. The Balaban J connectivity index is 1.14. The zero-order chi connectivity index (χ0) is 39.9. The highest BCUT2D eigenvalue weighted by Gasteiger charge is 2.46. The molecule has 1 aliphatic carbocycles. The zero-order valence-electron chi connectivity index (χ0n) is 33.1. The molecule has 1 nitrogen and oxygen atoms in total. The maximum Gasteiger partial charge on any atom is 0.0713 e. The topological polar surface area (TPSA) is 3.24 Å². The molecule has 0 amide bonds. The van der Waals surface area contributed by atoms with Gasteiger partial charge in [0.2, 0.25) is 0 Å². The zero-order valence-corrected chi connectivity index (χ0v) is 33.1. The van der Waals surface area contributed by atoms with Crippen LogP contribution in [0.3, 0.4) is 0 Å². The Bertz CT molecular complexity index is 3080. The summed E-state index contributed by atoms with van der Waals surface area (Å²) < 4.78 is 0. The van der Waals surface area contributed by atoms with E-state index in [9.17, 15) is 0 Å². The van der Waals surface area contributed by atoms with Crippen LogP contribution in [0, 0.1) is 0 Å². The monoisotopic (exact) mass is 763 g/mol. The molecular formula is C59H41N. The van der Waals surface area contributed by atoms with Crippen LogP contribution in [0.2, 0.25) is 0 Å². The van der Waals surface area contributed by atoms with Crippen molar-refractivity contribution >= 4 is 27.8 Å². The van der Waals surface area contributed by atoms with Crippen LogP contribution in [0.5, 0.6) is 0 Å². The first-order chi connectivity index (χ1) is 29.8. The van der Waals surface area contributed by atoms with Crippen molar-refractivity contribution in [1.29, 1.82) is 0 Å². The van der Waals surface area contributed by atoms with E-state index in [1.807, 2.05) is 0 Å². The number of fused-ring (bicyclic) bond motifs is 4. The Kier molecular flexibility index (Phi) is 8.79. The summed E-state index contributed by atoms with van der Waals surface area (Å²) in [5.74, 6) is 0. The van der Waals surface area contributed by atoms with Gasteiger partial charge in [0.1, 0.15) is 0 Å². The van der Waals surface area contributed by atoms with Gasteiger partial charge in [-0.05, 0) is 108 Å². The molecule has 11 rings (SSSR count). The van der Waals surface area contributed by atoms with Crippen molar-refractivity contribution in [2.45, 2.75) is 5.41 Å². The van der Waals surface area contributed by atoms with Gasteiger partial charge in [-0.15, -0.1) is 0 Å². The molecule has 60 heavy (non-hydrogen) atoms. The molecule has 282 valence electrons. The maximum absolute atomic E-state index is 2.47. The third-order valence-electron chi connectivity index (χ3n) is 12.3. The molecule has 1 aliphatic rings. The van der Waals surface area contributed by atoms with Crippen LogP contribution in [0.25, 0.3) is 55.3 Å². The molecule has 0 bridgehead atoms. The van der Waals surface area contributed by atoms with E-state index in [0.717, 1.165) is 17.1 Å². The molecule has 0 unspecified atom stereocenters. The van der Waals surface area contributed by atoms with Crippen LogP contribution in [0.4, 0.5) is 17.1 Å². The van der Waals surface area contributed by atoms with Gasteiger partial charge in [0, 0.05) is 16.9 Å². The molecule has 10 aromatic rings. The van der Waals surface area contributed by atoms with Gasteiger partial charge in [-0.25, -0.2) is 0 Å². The average molecular weight is 764 g/mol. The first-order valence-corrected chi connectivity index (χ1v) is 20.8. The molecular weight excluding hydrogens is 723 g/mol. The van der Waals surface area contributed by atoms with E-state index in [4.69, 9.17) is 0 Å². The van der Waals surface area contributed by atoms with Crippen LogP contribution >= 0.6 is 0 Å². The van der Waals surface area contributed by atoms with Crippen molar-refractivity contribution in [2.75, 3.05) is 4.90 Å². The van der Waals surface area contributed by atoms with E-state index in [2.05, 4.69) is 254 Å². The fourth-order valence-electron chi connectivity index (χ4n) is 9.67. The molecule has 0 aliphatic heterocycles. The standard InChI is InChI=1S/C59H41N/c1-5-18-42(19-6-1)46-23-17-24-47(40-46)43-32-35-50(36-33-43)60(57-39-34-44-20-13-14-29-52(44)58(57)45-21-7-2-8-22-45)51-37-38-56-54(41-51)53-30-15-16-31-55(53)59(56,48-25-9-3-10-26-48)49-27-11-4-12-28-49/h1-41H. The summed E-state index contributed by atoms with van der Waals surface area (Å²) in [6.45, 7) is 0. The molecule has 0 heterocycles. The first-order valence-electron chi connectivity index (χ1n) is 20.8. The SMILES string of the molecule is c1ccc(-c2cccc(-c3ccc(N(c4ccc5c(c4)-c4ccccc4C5(c4ccccc4)c4ccccc4)c4ccc5ccccc5c4-c4ccccc4)cc3)c2)cc1. The summed E-state index contributed by atoms with van der Waals surface area (Å²) in [7, 11) is 0. The second-order valence-corrected chi connectivity index (χ2v) is 15.6. The van der Waals surface area contributed by atoms with Gasteiger partial charge in [0.25, 0.3) is 0 Å². The minimum atomic E-state index is -0.466. The summed E-state index contributed by atoms with van der Waals surface area (Å²) in [6.07, 6.45) is 0. The highest BCUT2D eigenvalue weighted by Crippen LogP contribution is 2.57. The smallest absolute Gasteiger partial charge is 0.0713 e. The lowest BCUT2D eigenvalue weighted by atomic mass is 9.68. The predicted molar refractivity (Wildman–Crippen MR) is 252 cm³/mol. The van der Waals surface area contributed by atoms with Gasteiger partial charge >= 0.3 is 0 Å². The molecule has 0 fully saturated rings. The van der Waals surface area contributed by atoms with Gasteiger partial charge in [0.05, 0.1) is 11.1 Å². The van der Waals surface area contributed by atoms with E-state index in [1.54, 1.807) is 0 Å². The third-order valence-corrected chi connectivity index (χ3v) is 12.3. The van der Waals surface area contributed by atoms with Crippen molar-refractivity contribution in [3.8, 4) is 44.5 Å². The molecule has 0 spiro atoms. The highest BCUT2D eigenvalue weighted by molar-refractivity contribution is 6.05. The fourth-order valence-corrected chi connectivity index (χ4v) is 9.67. The van der Waals surface area contributed by atoms with Crippen molar-refractivity contribution in [3.63, 3.8) is 0 Å². The molecule has 0 atom stereocenters. The molecule has 0 saturated carbocycles. The Morgan fingerprint density at radius 3 is 1.50 bits per heavy atom. The van der Waals surface area contributed by atoms with Crippen molar-refractivity contribution in [2.24, 2.45) is 0 Å². The fraction of sp³-hybridized carbons (Fsp3) is 0.0169. The van der Waals surface area contributed by atoms with Gasteiger partial charge in [-0.2, -0.15) is 0 Å². The minimum Gasteiger partial charge on any atom is -0.310 e. The van der Waals surface area contributed by atoms with E-state index < -0.39 is 5.41 Å². The molecule has 0 saturated heterocycles. The number of benzene rings is 10. The number of anilines is 3. The van der Waals surface area contributed by atoms with Crippen LogP contribution in [-0.4, -0.2) is 0 Å². The van der Waals surface area contributed by atoms with E-state index in [-0.39, 0.29) is 0 Å². The van der Waals surface area contributed by atoms with Crippen LogP contribution in [0.1, 0.15) is 22.3 Å². The average Bonchev–Trinajstić information content (AvgIpc) is 3.63. The number of rotatable bonds is 8. The maximum atomic E-state index is 2.47. The Hall–Kier alpha value is -7.74. The lowest BCUT2D eigenvalue weighted by molar-refractivity contribution is 0.768. The molecule has 1 heteroatoms. The number of hydrogen-bond acceptors (Lipinski definition) is 1. The third kappa shape index (κ3) is 5.86. The van der Waals surface area contributed by atoms with Gasteiger partial charge in [-0.3, -0.25) is 0 Å². The Morgan fingerprint density at radius 2 is 0.817 bits per heavy atom. The van der Waals surface area contributed by atoms with Gasteiger partial charge in [-0.1, -0.05) is 212 Å². The van der Waals surface area contributed by atoms with E-state index >= 15 is 0 Å². The molecule has 0 radical (unpaired) electrons. The van der Waals surface area contributed by atoms with Gasteiger partial charge in [0.15, 0.2) is 0 Å². The van der Waals surface area contributed by atoms with Crippen LogP contribution in [0.15, 0.2) is 249 Å². The minimum absolute atomic E-state index is 0.466. The Morgan fingerprint density at radius 1 is 0.300 bits per heavy atom. The second kappa shape index (κ2) is 14.9. The summed E-state index contributed by atoms with van der Waals surface area (Å²) in [5.41, 5.74) is 17.7. The second-order valence-electron chi connectivity index (χ2n) is 15.6. The molecule has 0 N–H and O–H groups in total. The van der Waals surface area contributed by atoms with Crippen molar-refractivity contribution < 1.29 is 0 Å². The van der Waals surface area contributed by atoms with Crippen molar-refractivity contribution in [3.05, 3.63) is 271 Å².